The van der Waals surface area contributed by atoms with Crippen molar-refractivity contribution in [1.29, 1.82) is 0 Å². The van der Waals surface area contributed by atoms with E-state index in [-0.39, 0.29) is 5.56 Å². The number of imide groups is 1. The third-order valence-electron chi connectivity index (χ3n) is 1.54. The number of hydrogen-bond acceptors (Lipinski definition) is 2. The molecule has 0 aliphatic carbocycles. The Bertz CT molecular complexity index is 366. The minimum Gasteiger partial charge on any atom is -0.272 e. The van der Waals surface area contributed by atoms with Crippen LogP contribution < -0.4 is 10.6 Å². The first-order valence-corrected chi connectivity index (χ1v) is 4.22. The smallest absolute Gasteiger partial charge is 0.272 e. The molecule has 1 aromatic rings. The lowest BCUT2D eigenvalue weighted by atomic mass is 10.2. The number of benzene rings is 1. The van der Waals surface area contributed by atoms with Gasteiger partial charge in [0.2, 0.25) is 0 Å². The molecule has 14 heavy (non-hydrogen) atoms. The van der Waals surface area contributed by atoms with Gasteiger partial charge in [-0.3, -0.25) is 10.1 Å². The van der Waals surface area contributed by atoms with E-state index in [1.807, 2.05) is 0 Å². The van der Waals surface area contributed by atoms with Crippen LogP contribution in [0.3, 0.4) is 0 Å². The van der Waals surface area contributed by atoms with Gasteiger partial charge in [0.15, 0.2) is 0 Å². The van der Waals surface area contributed by atoms with Crippen LogP contribution in [0, 0.1) is 0 Å². The van der Waals surface area contributed by atoms with Crippen molar-refractivity contribution in [2.75, 3.05) is 7.05 Å². The second kappa shape index (κ2) is 4.62. The molecular formula is C9H8ClN2O2. The zero-order chi connectivity index (χ0) is 10.6. The average Bonchev–Trinajstić information content (AvgIpc) is 2.18. The maximum Gasteiger partial charge on any atom is 0.342 e. The maximum absolute atomic E-state index is 11.4. The summed E-state index contributed by atoms with van der Waals surface area (Å²) in [6.45, 7) is 0. The third kappa shape index (κ3) is 2.47. The number of hydrogen-bond donors (Lipinski definition) is 1. The molecule has 0 spiro atoms. The highest BCUT2D eigenvalue weighted by molar-refractivity contribution is 6.34. The molecule has 73 valence electrons. The Morgan fingerprint density at radius 3 is 2.57 bits per heavy atom. The van der Waals surface area contributed by atoms with E-state index < -0.39 is 11.9 Å². The number of urea groups is 1. The van der Waals surface area contributed by atoms with Crippen molar-refractivity contribution in [3.05, 3.63) is 34.9 Å². The highest BCUT2D eigenvalue weighted by Gasteiger charge is 2.11. The van der Waals surface area contributed by atoms with E-state index in [0.29, 0.717) is 5.02 Å². The Hall–Kier alpha value is -1.55. The van der Waals surface area contributed by atoms with Crippen LogP contribution in [0.15, 0.2) is 24.3 Å². The van der Waals surface area contributed by atoms with Gasteiger partial charge in [0.25, 0.3) is 5.91 Å². The normalized spacial score (nSPS) is 9.29. The molecule has 0 saturated carbocycles. The van der Waals surface area contributed by atoms with Crippen LogP contribution >= 0.6 is 11.6 Å². The van der Waals surface area contributed by atoms with Crippen LogP contribution in [-0.2, 0) is 0 Å². The van der Waals surface area contributed by atoms with Crippen molar-refractivity contribution < 1.29 is 9.59 Å². The maximum atomic E-state index is 11.4. The third-order valence-corrected chi connectivity index (χ3v) is 1.87. The van der Waals surface area contributed by atoms with Crippen LogP contribution in [-0.4, -0.2) is 19.0 Å². The van der Waals surface area contributed by atoms with Gasteiger partial charge >= 0.3 is 6.03 Å². The Morgan fingerprint density at radius 1 is 1.36 bits per heavy atom. The summed E-state index contributed by atoms with van der Waals surface area (Å²) < 4.78 is 0. The summed E-state index contributed by atoms with van der Waals surface area (Å²) >= 11 is 5.74. The first-order chi connectivity index (χ1) is 6.65. The molecule has 5 heteroatoms. The predicted molar refractivity (Wildman–Crippen MR) is 52.4 cm³/mol. The molecule has 1 aromatic carbocycles. The molecule has 0 aliphatic rings. The van der Waals surface area contributed by atoms with Gasteiger partial charge in [-0.1, -0.05) is 23.7 Å². The van der Waals surface area contributed by atoms with E-state index in [0.717, 1.165) is 0 Å². The largest absolute Gasteiger partial charge is 0.342 e. The molecule has 1 radical (unpaired) electrons. The van der Waals surface area contributed by atoms with E-state index in [4.69, 9.17) is 11.6 Å². The summed E-state index contributed by atoms with van der Waals surface area (Å²) in [5.74, 6) is -0.550. The van der Waals surface area contributed by atoms with Crippen LogP contribution in [0.4, 0.5) is 4.79 Å². The number of nitrogens with one attached hydrogen (secondary N) is 1. The van der Waals surface area contributed by atoms with E-state index in [9.17, 15) is 9.59 Å². The minimum absolute atomic E-state index is 0.256. The lowest BCUT2D eigenvalue weighted by molar-refractivity contribution is 0.0964. The fraction of sp³-hybridized carbons (Fsp3) is 0.111. The van der Waals surface area contributed by atoms with E-state index in [1.54, 1.807) is 18.2 Å². The van der Waals surface area contributed by atoms with Crippen molar-refractivity contribution in [2.45, 2.75) is 0 Å². The molecule has 1 rings (SSSR count). The van der Waals surface area contributed by atoms with E-state index >= 15 is 0 Å². The lowest BCUT2D eigenvalue weighted by Gasteiger charge is -2.03. The topological polar surface area (TPSA) is 60.3 Å². The fourth-order valence-corrected chi connectivity index (χ4v) is 1.09. The molecule has 0 unspecified atom stereocenters. The van der Waals surface area contributed by atoms with Gasteiger partial charge in [-0.05, 0) is 12.1 Å². The predicted octanol–water partition coefficient (Wildman–Crippen LogP) is 1.42. The lowest BCUT2D eigenvalue weighted by Crippen LogP contribution is -2.34. The molecule has 0 heterocycles. The molecule has 0 saturated heterocycles. The molecule has 1 N–H and O–H groups in total. The summed E-state index contributed by atoms with van der Waals surface area (Å²) in [4.78, 5) is 22.1. The van der Waals surface area contributed by atoms with Gasteiger partial charge in [-0.15, -0.1) is 0 Å². The molecule has 0 atom stereocenters. The van der Waals surface area contributed by atoms with Crippen molar-refractivity contribution in [1.82, 2.24) is 10.6 Å². The van der Waals surface area contributed by atoms with Crippen molar-refractivity contribution in [3.8, 4) is 0 Å². The summed E-state index contributed by atoms with van der Waals surface area (Å²) in [6.07, 6.45) is 0. The molecule has 3 amide bonds. The zero-order valence-electron chi connectivity index (χ0n) is 7.45. The Morgan fingerprint density at radius 2 is 2.00 bits per heavy atom. The summed E-state index contributed by atoms with van der Waals surface area (Å²) in [6, 6.07) is 5.78. The zero-order valence-corrected chi connectivity index (χ0v) is 8.21. The molecule has 0 fully saturated rings. The number of carbonyl (C=O) groups excluding carboxylic acids is 2. The highest BCUT2D eigenvalue weighted by atomic mass is 35.5. The molecular weight excluding hydrogens is 204 g/mol. The number of nitrogens with zero attached hydrogens (tertiary/aromatic N) is 1. The van der Waals surface area contributed by atoms with E-state index in [2.05, 4.69) is 10.6 Å². The molecule has 0 aromatic heterocycles. The number of halogens is 1. The minimum atomic E-state index is -0.685. The molecule has 4 nitrogen and oxygen atoms in total. The van der Waals surface area contributed by atoms with Gasteiger partial charge in [0.1, 0.15) is 0 Å². The standard InChI is InChI=1S/C9H8ClN2O2/c1-11-9(14)12-8(13)6-4-2-3-5-7(6)10/h2-5H,1H3,(H,12,13,14). The van der Waals surface area contributed by atoms with Gasteiger partial charge in [0, 0.05) is 7.05 Å². The SMILES string of the molecule is C[N]C(=O)NC(=O)c1ccccc1Cl. The molecule has 0 aliphatic heterocycles. The van der Waals surface area contributed by atoms with Crippen molar-refractivity contribution in [3.63, 3.8) is 0 Å². The number of rotatable bonds is 1. The molecule has 0 bridgehead atoms. The second-order valence-electron chi connectivity index (χ2n) is 2.46. The van der Waals surface area contributed by atoms with Crippen LogP contribution in [0.25, 0.3) is 0 Å². The van der Waals surface area contributed by atoms with Gasteiger partial charge < -0.3 is 0 Å². The van der Waals surface area contributed by atoms with Crippen LogP contribution in [0.5, 0.6) is 0 Å². The summed E-state index contributed by atoms with van der Waals surface area (Å²) in [5, 5.41) is 5.63. The monoisotopic (exact) mass is 211 g/mol. The Labute approximate surface area is 86.3 Å². The first-order valence-electron chi connectivity index (χ1n) is 3.85. The fourth-order valence-electron chi connectivity index (χ4n) is 0.866. The van der Waals surface area contributed by atoms with Crippen molar-refractivity contribution in [2.24, 2.45) is 0 Å². The first kappa shape index (κ1) is 10.5. The van der Waals surface area contributed by atoms with Crippen LogP contribution in [0.2, 0.25) is 5.02 Å². The quantitative estimate of drug-likeness (QED) is 0.764. The highest BCUT2D eigenvalue weighted by Crippen LogP contribution is 2.14. The number of carbonyl (C=O) groups is 2. The Balaban J connectivity index is 2.80. The van der Waals surface area contributed by atoms with Gasteiger partial charge in [-0.2, -0.15) is 0 Å². The number of amides is 3. The van der Waals surface area contributed by atoms with Crippen molar-refractivity contribution >= 4 is 23.5 Å². The van der Waals surface area contributed by atoms with Gasteiger partial charge in [-0.25, -0.2) is 10.1 Å². The summed E-state index contributed by atoms with van der Waals surface area (Å²) in [7, 11) is 1.30. The van der Waals surface area contributed by atoms with Crippen LogP contribution in [0.1, 0.15) is 10.4 Å². The summed E-state index contributed by atoms with van der Waals surface area (Å²) in [5.41, 5.74) is 0.256. The Kier molecular flexibility index (Phi) is 3.48. The average molecular weight is 212 g/mol. The van der Waals surface area contributed by atoms with E-state index in [1.165, 1.54) is 13.1 Å². The van der Waals surface area contributed by atoms with Gasteiger partial charge in [0.05, 0.1) is 10.6 Å². The second-order valence-corrected chi connectivity index (χ2v) is 2.87.